The molecular formula is C22H24FN4OP. The van der Waals surface area contributed by atoms with Gasteiger partial charge in [-0.15, -0.1) is 19.4 Å². The van der Waals surface area contributed by atoms with Gasteiger partial charge < -0.3 is 5.32 Å². The maximum atomic E-state index is 13.1. The van der Waals surface area contributed by atoms with Crippen molar-refractivity contribution < 1.29 is 9.18 Å². The normalized spacial score (nSPS) is 11.7. The van der Waals surface area contributed by atoms with Gasteiger partial charge in [0, 0.05) is 22.6 Å². The molecule has 0 aliphatic carbocycles. The first kappa shape index (κ1) is 20.9. The van der Waals surface area contributed by atoms with Crippen molar-refractivity contribution in [3.63, 3.8) is 0 Å². The van der Waals surface area contributed by atoms with Crippen LogP contribution in [0.2, 0.25) is 0 Å². The van der Waals surface area contributed by atoms with Gasteiger partial charge in [-0.1, -0.05) is 26.0 Å². The molecule has 1 heterocycles. The Kier molecular flexibility index (Phi) is 6.55. The predicted octanol–water partition coefficient (Wildman–Crippen LogP) is 4.95. The second-order valence-corrected chi connectivity index (χ2v) is 7.90. The summed E-state index contributed by atoms with van der Waals surface area (Å²) in [4.78, 5) is 12.3. The standard InChI is InChI=1S/C22H24FN4OP/c1-3-22(29,4-2)16-5-9-18(10-6-16)25-21(28)14-13-20-26-24-15-27(20)19-11-7-17(23)8-12-19/h5-15H,3-4,29H2,1-2H3,(H,25,28)/b14-13+. The molecule has 29 heavy (non-hydrogen) atoms. The lowest BCUT2D eigenvalue weighted by Gasteiger charge is -2.27. The van der Waals surface area contributed by atoms with Crippen molar-refractivity contribution in [2.75, 3.05) is 5.32 Å². The number of benzene rings is 2. The van der Waals surface area contributed by atoms with Crippen LogP contribution in [0, 0.1) is 5.82 Å². The fraction of sp³-hybridized carbons (Fsp3) is 0.227. The van der Waals surface area contributed by atoms with Crippen LogP contribution in [-0.4, -0.2) is 20.7 Å². The van der Waals surface area contributed by atoms with Gasteiger partial charge in [0.2, 0.25) is 5.91 Å². The third kappa shape index (κ3) is 4.96. The van der Waals surface area contributed by atoms with Gasteiger partial charge in [0.1, 0.15) is 12.1 Å². The number of aromatic nitrogens is 3. The Morgan fingerprint density at radius 3 is 2.41 bits per heavy atom. The molecule has 1 aromatic heterocycles. The number of carbonyl (C=O) groups excluding carboxylic acids is 1. The van der Waals surface area contributed by atoms with E-state index in [1.54, 1.807) is 22.8 Å². The maximum Gasteiger partial charge on any atom is 0.248 e. The molecule has 150 valence electrons. The smallest absolute Gasteiger partial charge is 0.248 e. The van der Waals surface area contributed by atoms with Gasteiger partial charge in [-0.25, -0.2) is 4.39 Å². The zero-order valence-corrected chi connectivity index (χ0v) is 17.6. The van der Waals surface area contributed by atoms with E-state index in [0.717, 1.165) is 18.5 Å². The summed E-state index contributed by atoms with van der Waals surface area (Å²) in [5, 5.41) is 10.8. The highest BCUT2D eigenvalue weighted by atomic mass is 31.0. The highest BCUT2D eigenvalue weighted by Gasteiger charge is 2.22. The molecular weight excluding hydrogens is 386 g/mol. The third-order valence-corrected chi connectivity index (χ3v) is 6.20. The fourth-order valence-electron chi connectivity index (χ4n) is 3.04. The predicted molar refractivity (Wildman–Crippen MR) is 117 cm³/mol. The summed E-state index contributed by atoms with van der Waals surface area (Å²) in [6.07, 6.45) is 6.53. The maximum absolute atomic E-state index is 13.1. The zero-order chi connectivity index (χ0) is 20.9. The number of halogens is 1. The fourth-order valence-corrected chi connectivity index (χ4v) is 3.23. The van der Waals surface area contributed by atoms with Gasteiger partial charge in [0.05, 0.1) is 0 Å². The van der Waals surface area contributed by atoms with E-state index in [-0.39, 0.29) is 16.9 Å². The monoisotopic (exact) mass is 410 g/mol. The second kappa shape index (κ2) is 9.10. The lowest BCUT2D eigenvalue weighted by Crippen LogP contribution is -2.15. The molecule has 1 N–H and O–H groups in total. The Bertz CT molecular complexity index is 992. The van der Waals surface area contributed by atoms with E-state index in [0.29, 0.717) is 11.5 Å². The molecule has 5 nitrogen and oxygen atoms in total. The van der Waals surface area contributed by atoms with Crippen LogP contribution in [0.1, 0.15) is 38.1 Å². The van der Waals surface area contributed by atoms with E-state index in [1.165, 1.54) is 30.1 Å². The Morgan fingerprint density at radius 2 is 1.79 bits per heavy atom. The van der Waals surface area contributed by atoms with E-state index in [2.05, 4.69) is 38.6 Å². The van der Waals surface area contributed by atoms with Gasteiger partial charge in [0.15, 0.2) is 5.82 Å². The summed E-state index contributed by atoms with van der Waals surface area (Å²) in [6, 6.07) is 13.9. The molecule has 1 amide bonds. The molecule has 0 saturated heterocycles. The van der Waals surface area contributed by atoms with Crippen molar-refractivity contribution in [1.82, 2.24) is 14.8 Å². The van der Waals surface area contributed by atoms with Crippen LogP contribution in [0.5, 0.6) is 0 Å². The van der Waals surface area contributed by atoms with E-state index in [4.69, 9.17) is 0 Å². The van der Waals surface area contributed by atoms with E-state index in [1.807, 2.05) is 24.3 Å². The van der Waals surface area contributed by atoms with Crippen LogP contribution in [0.15, 0.2) is 60.9 Å². The van der Waals surface area contributed by atoms with Gasteiger partial charge in [-0.05, 0) is 60.9 Å². The van der Waals surface area contributed by atoms with Crippen molar-refractivity contribution in [1.29, 1.82) is 0 Å². The van der Waals surface area contributed by atoms with Crippen LogP contribution in [-0.2, 0) is 9.95 Å². The highest BCUT2D eigenvalue weighted by Crippen LogP contribution is 2.38. The molecule has 3 aromatic rings. The first-order valence-corrected chi connectivity index (χ1v) is 10.1. The quantitative estimate of drug-likeness (QED) is 0.443. The molecule has 0 saturated carbocycles. The number of amides is 1. The number of rotatable bonds is 7. The van der Waals surface area contributed by atoms with Gasteiger partial charge in [-0.3, -0.25) is 9.36 Å². The van der Waals surface area contributed by atoms with Crippen molar-refractivity contribution in [2.24, 2.45) is 0 Å². The lowest BCUT2D eigenvalue weighted by atomic mass is 9.92. The van der Waals surface area contributed by atoms with Gasteiger partial charge in [-0.2, -0.15) is 0 Å². The average Bonchev–Trinajstić information content (AvgIpc) is 3.21. The molecule has 0 radical (unpaired) electrons. The Labute approximate surface area is 172 Å². The summed E-state index contributed by atoms with van der Waals surface area (Å²) in [6.45, 7) is 4.34. The van der Waals surface area contributed by atoms with E-state index in [9.17, 15) is 9.18 Å². The highest BCUT2D eigenvalue weighted by molar-refractivity contribution is 7.18. The Balaban J connectivity index is 1.68. The average molecular weight is 410 g/mol. The number of hydrogen-bond acceptors (Lipinski definition) is 3. The van der Waals surface area contributed by atoms with Crippen LogP contribution in [0.4, 0.5) is 10.1 Å². The number of nitrogens with zero attached hydrogens (tertiary/aromatic N) is 3. The van der Waals surface area contributed by atoms with E-state index < -0.39 is 0 Å². The second-order valence-electron chi connectivity index (χ2n) is 6.80. The molecule has 1 atom stereocenters. The summed E-state index contributed by atoms with van der Waals surface area (Å²) < 4.78 is 14.8. The third-order valence-electron chi connectivity index (χ3n) is 5.05. The molecule has 1 unspecified atom stereocenters. The summed E-state index contributed by atoms with van der Waals surface area (Å²) in [7, 11) is 2.94. The van der Waals surface area contributed by atoms with Gasteiger partial charge in [0.25, 0.3) is 0 Å². The minimum atomic E-state index is -0.318. The molecule has 0 spiro atoms. The van der Waals surface area contributed by atoms with Crippen molar-refractivity contribution in [3.8, 4) is 5.69 Å². The molecule has 2 aromatic carbocycles. The van der Waals surface area contributed by atoms with Crippen molar-refractivity contribution in [2.45, 2.75) is 31.8 Å². The molecule has 3 rings (SSSR count). The van der Waals surface area contributed by atoms with Crippen LogP contribution >= 0.6 is 9.24 Å². The number of nitrogens with one attached hydrogen (secondary N) is 1. The first-order valence-electron chi connectivity index (χ1n) is 9.49. The number of hydrogen-bond donors (Lipinski definition) is 1. The molecule has 0 aliphatic heterocycles. The van der Waals surface area contributed by atoms with Crippen molar-refractivity contribution in [3.05, 3.63) is 78.1 Å². The van der Waals surface area contributed by atoms with Gasteiger partial charge >= 0.3 is 0 Å². The summed E-state index contributed by atoms with van der Waals surface area (Å²) in [5.41, 5.74) is 2.66. The first-order chi connectivity index (χ1) is 13.9. The van der Waals surface area contributed by atoms with E-state index >= 15 is 0 Å². The minimum Gasteiger partial charge on any atom is -0.323 e. The molecule has 0 aliphatic rings. The Morgan fingerprint density at radius 1 is 1.14 bits per heavy atom. The van der Waals surface area contributed by atoms with Crippen LogP contribution in [0.25, 0.3) is 11.8 Å². The lowest BCUT2D eigenvalue weighted by molar-refractivity contribution is -0.111. The largest absolute Gasteiger partial charge is 0.323 e. The molecule has 0 bridgehead atoms. The zero-order valence-electron chi connectivity index (χ0n) is 16.5. The number of carbonyl (C=O) groups is 1. The van der Waals surface area contributed by atoms with Crippen LogP contribution < -0.4 is 5.32 Å². The van der Waals surface area contributed by atoms with Crippen molar-refractivity contribution >= 4 is 26.9 Å². The number of anilines is 1. The minimum absolute atomic E-state index is 0.0624. The summed E-state index contributed by atoms with van der Waals surface area (Å²) in [5.74, 6) is -0.114. The summed E-state index contributed by atoms with van der Waals surface area (Å²) >= 11 is 0. The molecule has 7 heteroatoms. The van der Waals surface area contributed by atoms with Crippen LogP contribution in [0.3, 0.4) is 0 Å². The molecule has 0 fully saturated rings. The topological polar surface area (TPSA) is 59.8 Å². The Hall–Kier alpha value is -2.85. The SMILES string of the molecule is CCC(P)(CC)c1ccc(NC(=O)/C=C/c2nncn2-c2ccc(F)cc2)cc1.